The Labute approximate surface area is 139 Å². The molecule has 0 heterocycles. The monoisotopic (exact) mass is 357 g/mol. The maximum absolute atomic E-state index is 12.4. The quantitative estimate of drug-likeness (QED) is 0.821. The van der Waals surface area contributed by atoms with Crippen LogP contribution in [0.15, 0.2) is 47.4 Å². The van der Waals surface area contributed by atoms with Gasteiger partial charge in [0, 0.05) is 6.07 Å². The molecule has 1 N–H and O–H groups in total. The summed E-state index contributed by atoms with van der Waals surface area (Å²) < 4.78 is 61.1. The number of ether oxygens (including phenoxy) is 2. The minimum atomic E-state index is -3.84. The zero-order valence-electron chi connectivity index (χ0n) is 13.1. The van der Waals surface area contributed by atoms with Gasteiger partial charge < -0.3 is 9.47 Å². The maximum Gasteiger partial charge on any atom is 0.387 e. The number of rotatable bonds is 7. The molecule has 0 saturated heterocycles. The molecule has 2 rings (SSSR count). The van der Waals surface area contributed by atoms with Gasteiger partial charge in [0.2, 0.25) is 0 Å². The van der Waals surface area contributed by atoms with Crippen LogP contribution in [0.1, 0.15) is 12.5 Å². The van der Waals surface area contributed by atoms with E-state index in [0.717, 1.165) is 18.1 Å². The third-order valence-corrected chi connectivity index (χ3v) is 4.67. The fourth-order valence-corrected chi connectivity index (χ4v) is 3.10. The summed E-state index contributed by atoms with van der Waals surface area (Å²) >= 11 is 0. The van der Waals surface area contributed by atoms with Crippen LogP contribution in [0.5, 0.6) is 11.5 Å². The van der Waals surface area contributed by atoms with Crippen molar-refractivity contribution in [1.82, 2.24) is 0 Å². The molecule has 0 saturated carbocycles. The first kappa shape index (κ1) is 18.0. The SMILES string of the molecule is CCc1ccc(S(=O)(=O)Nc2ccc(OC)c(OC(F)F)c2)cc1. The summed E-state index contributed by atoms with van der Waals surface area (Å²) in [5, 5.41) is 0. The Morgan fingerprint density at radius 3 is 2.29 bits per heavy atom. The summed E-state index contributed by atoms with van der Waals surface area (Å²) in [6, 6.07) is 10.3. The summed E-state index contributed by atoms with van der Waals surface area (Å²) in [5.74, 6) is -0.181. The number of aryl methyl sites for hydroxylation is 1. The van der Waals surface area contributed by atoms with Gasteiger partial charge in [-0.3, -0.25) is 4.72 Å². The van der Waals surface area contributed by atoms with Crippen LogP contribution >= 0.6 is 0 Å². The van der Waals surface area contributed by atoms with Gasteiger partial charge in [-0.25, -0.2) is 8.42 Å². The Kier molecular flexibility index (Phi) is 5.61. The fourth-order valence-electron chi connectivity index (χ4n) is 2.05. The smallest absolute Gasteiger partial charge is 0.387 e. The molecule has 8 heteroatoms. The molecule has 2 aromatic rings. The van der Waals surface area contributed by atoms with Gasteiger partial charge in [-0.05, 0) is 36.2 Å². The van der Waals surface area contributed by atoms with E-state index in [1.54, 1.807) is 12.1 Å². The summed E-state index contributed by atoms with van der Waals surface area (Å²) in [6.45, 7) is -1.09. The van der Waals surface area contributed by atoms with E-state index in [1.807, 2.05) is 6.92 Å². The van der Waals surface area contributed by atoms with Crippen LogP contribution in [0.3, 0.4) is 0 Å². The van der Waals surface area contributed by atoms with Gasteiger partial charge in [0.25, 0.3) is 10.0 Å². The van der Waals surface area contributed by atoms with Crippen LogP contribution in [-0.2, 0) is 16.4 Å². The third-order valence-electron chi connectivity index (χ3n) is 3.27. The summed E-state index contributed by atoms with van der Waals surface area (Å²) in [7, 11) is -2.54. The first-order chi connectivity index (χ1) is 11.4. The number of anilines is 1. The lowest BCUT2D eigenvalue weighted by molar-refractivity contribution is -0.0511. The molecule has 0 unspecified atom stereocenters. The van der Waals surface area contributed by atoms with E-state index >= 15 is 0 Å². The van der Waals surface area contributed by atoms with Crippen molar-refractivity contribution >= 4 is 15.7 Å². The van der Waals surface area contributed by atoms with Crippen molar-refractivity contribution in [1.29, 1.82) is 0 Å². The summed E-state index contributed by atoms with van der Waals surface area (Å²) in [5.41, 5.74) is 1.09. The van der Waals surface area contributed by atoms with E-state index in [0.29, 0.717) is 0 Å². The van der Waals surface area contributed by atoms with Crippen molar-refractivity contribution in [2.45, 2.75) is 24.9 Å². The molecule has 2 aromatic carbocycles. The Morgan fingerprint density at radius 2 is 1.75 bits per heavy atom. The topological polar surface area (TPSA) is 64.6 Å². The van der Waals surface area contributed by atoms with Crippen LogP contribution in [0.4, 0.5) is 14.5 Å². The predicted octanol–water partition coefficient (Wildman–Crippen LogP) is 3.66. The van der Waals surface area contributed by atoms with Gasteiger partial charge in [0.1, 0.15) is 0 Å². The number of hydrogen-bond donors (Lipinski definition) is 1. The molecular formula is C16H17F2NO4S. The lowest BCUT2D eigenvalue weighted by Crippen LogP contribution is -2.13. The molecule has 0 aliphatic rings. The van der Waals surface area contributed by atoms with E-state index < -0.39 is 16.6 Å². The van der Waals surface area contributed by atoms with Gasteiger partial charge in [-0.1, -0.05) is 19.1 Å². The van der Waals surface area contributed by atoms with Crippen LogP contribution in [0.25, 0.3) is 0 Å². The van der Waals surface area contributed by atoms with E-state index in [1.165, 1.54) is 31.4 Å². The van der Waals surface area contributed by atoms with Crippen LogP contribution in [-0.4, -0.2) is 22.1 Å². The fraction of sp³-hybridized carbons (Fsp3) is 0.250. The molecule has 0 atom stereocenters. The Balaban J connectivity index is 2.28. The Bertz CT molecular complexity index is 792. The number of hydrogen-bond acceptors (Lipinski definition) is 4. The Morgan fingerprint density at radius 1 is 1.08 bits per heavy atom. The summed E-state index contributed by atoms with van der Waals surface area (Å²) in [6.07, 6.45) is 0.792. The van der Waals surface area contributed by atoms with E-state index in [9.17, 15) is 17.2 Å². The van der Waals surface area contributed by atoms with Crippen molar-refractivity contribution < 1.29 is 26.7 Å². The zero-order valence-corrected chi connectivity index (χ0v) is 13.9. The van der Waals surface area contributed by atoms with E-state index in [-0.39, 0.29) is 22.1 Å². The van der Waals surface area contributed by atoms with E-state index in [4.69, 9.17) is 4.74 Å². The average Bonchev–Trinajstić information content (AvgIpc) is 2.54. The largest absolute Gasteiger partial charge is 0.493 e. The van der Waals surface area contributed by atoms with Crippen molar-refractivity contribution in [3.8, 4) is 11.5 Å². The Hall–Kier alpha value is -2.35. The molecule has 0 amide bonds. The lowest BCUT2D eigenvalue weighted by Gasteiger charge is -2.13. The molecule has 0 aliphatic heterocycles. The van der Waals surface area contributed by atoms with Gasteiger partial charge >= 0.3 is 6.61 Å². The summed E-state index contributed by atoms with van der Waals surface area (Å²) in [4.78, 5) is 0.0758. The molecule has 5 nitrogen and oxygen atoms in total. The van der Waals surface area contributed by atoms with Gasteiger partial charge in [0.15, 0.2) is 11.5 Å². The highest BCUT2D eigenvalue weighted by Gasteiger charge is 2.17. The van der Waals surface area contributed by atoms with Crippen LogP contribution in [0, 0.1) is 0 Å². The second-order valence-corrected chi connectivity index (χ2v) is 6.53. The molecule has 24 heavy (non-hydrogen) atoms. The molecule has 0 spiro atoms. The van der Waals surface area contributed by atoms with Gasteiger partial charge in [-0.2, -0.15) is 8.78 Å². The first-order valence-corrected chi connectivity index (χ1v) is 8.58. The van der Waals surface area contributed by atoms with Gasteiger partial charge in [0.05, 0.1) is 17.7 Å². The number of alkyl halides is 2. The molecule has 0 aromatic heterocycles. The maximum atomic E-state index is 12.4. The second kappa shape index (κ2) is 7.48. The van der Waals surface area contributed by atoms with Crippen molar-refractivity contribution in [3.05, 3.63) is 48.0 Å². The lowest BCUT2D eigenvalue weighted by atomic mass is 10.2. The number of sulfonamides is 1. The van der Waals surface area contributed by atoms with Crippen molar-refractivity contribution in [2.24, 2.45) is 0 Å². The minimum Gasteiger partial charge on any atom is -0.493 e. The number of benzene rings is 2. The molecule has 0 radical (unpaired) electrons. The normalized spacial score (nSPS) is 11.4. The van der Waals surface area contributed by atoms with Crippen molar-refractivity contribution in [3.63, 3.8) is 0 Å². The first-order valence-electron chi connectivity index (χ1n) is 7.10. The molecule has 0 fully saturated rings. The minimum absolute atomic E-state index is 0.0746. The van der Waals surface area contributed by atoms with Gasteiger partial charge in [-0.15, -0.1) is 0 Å². The highest BCUT2D eigenvalue weighted by Crippen LogP contribution is 2.32. The molecular weight excluding hydrogens is 340 g/mol. The predicted molar refractivity (Wildman–Crippen MR) is 86.3 cm³/mol. The third kappa shape index (κ3) is 4.35. The molecule has 0 aliphatic carbocycles. The van der Waals surface area contributed by atoms with Crippen molar-refractivity contribution in [2.75, 3.05) is 11.8 Å². The average molecular weight is 357 g/mol. The van der Waals surface area contributed by atoms with Crippen LogP contribution < -0.4 is 14.2 Å². The molecule has 130 valence electrons. The van der Waals surface area contributed by atoms with E-state index in [2.05, 4.69) is 9.46 Å². The molecule has 0 bridgehead atoms. The highest BCUT2D eigenvalue weighted by molar-refractivity contribution is 7.92. The van der Waals surface area contributed by atoms with Crippen LogP contribution in [0.2, 0.25) is 0 Å². The second-order valence-electron chi connectivity index (χ2n) is 4.85. The zero-order chi connectivity index (χ0) is 17.7. The number of methoxy groups -OCH3 is 1. The number of nitrogens with one attached hydrogen (secondary N) is 1. The standard InChI is InChI=1S/C16H17F2NO4S/c1-3-11-4-7-13(8-5-11)24(20,21)19-12-6-9-14(22-2)15(10-12)23-16(17)18/h4-10,16,19H,3H2,1-2H3. The highest BCUT2D eigenvalue weighted by atomic mass is 32.2. The number of halogens is 2.